The van der Waals surface area contributed by atoms with E-state index in [1.165, 1.54) is 16.0 Å². The Bertz CT molecular complexity index is 2500. The number of fused-ring (bicyclic) bond motifs is 6. The van der Waals surface area contributed by atoms with Gasteiger partial charge in [0.25, 0.3) is 5.91 Å². The summed E-state index contributed by atoms with van der Waals surface area (Å²) < 4.78 is 13.9. The van der Waals surface area contributed by atoms with Crippen molar-refractivity contribution in [1.82, 2.24) is 35.1 Å². The van der Waals surface area contributed by atoms with Crippen LogP contribution in [-0.4, -0.2) is 124 Å². The number of nitrogens with one attached hydrogen (secondary N) is 2. The number of likely N-dealkylation sites (N-methyl/N-ethyl adjacent to an activating group) is 1. The number of phenolic OH excluding ortho intramolecular Hbond substituents is 1. The van der Waals surface area contributed by atoms with Crippen molar-refractivity contribution in [2.24, 2.45) is 17.3 Å². The van der Waals surface area contributed by atoms with Crippen molar-refractivity contribution < 1.29 is 38.6 Å². The van der Waals surface area contributed by atoms with E-state index in [4.69, 9.17) is 14.5 Å². The SMILES string of the molecule is C=CC(=O)N1CC[C@H](C(=O)N(C)C(C(=O)N[C@H]2Cc3cc(O)cc(c3)-c3ccc4c(n3)c(c(-c3ccccc3CCOC)n4CC)CC(C)(C)COC(=O)[C@@H]3CCCN(N3)C2=O)C(C)C)C1. The van der Waals surface area contributed by atoms with Gasteiger partial charge in [0.1, 0.15) is 23.9 Å². The van der Waals surface area contributed by atoms with Gasteiger partial charge in [0.15, 0.2) is 0 Å². The Kier molecular flexibility index (Phi) is 14.7. The van der Waals surface area contributed by atoms with Gasteiger partial charge < -0.3 is 34.3 Å². The molecule has 0 aliphatic carbocycles. The third kappa shape index (κ3) is 10.2. The maximum absolute atomic E-state index is 14.7. The minimum absolute atomic E-state index is 0.0285. The molecule has 3 aliphatic rings. The van der Waals surface area contributed by atoms with E-state index in [0.717, 1.165) is 33.4 Å². The maximum Gasteiger partial charge on any atom is 0.324 e. The second kappa shape index (κ2) is 20.2. The standard InChI is InChI=1S/C51H65N7O8/c1-9-43(60)56-22-19-34(29-56)48(62)55(7)45(31(3)4)47(61)53-41-26-32-24-35(27-36(59)25-32)39-17-18-42-44(52-39)38(46(57(42)10-2)37-15-12-11-14-33(37)20-23-65-8)28-51(5,6)30-66-50(64)40-16-13-21-58(54-40)49(41)63/h9,11-12,14-15,17-18,24-25,27,31,34,40-41,45,54,59H,1,10,13,16,19-23,26,28-30H2,2-8H3,(H,53,61)/t34-,40-,41-,45?/m0/s1. The first-order valence-electron chi connectivity index (χ1n) is 23.2. The summed E-state index contributed by atoms with van der Waals surface area (Å²) >= 11 is 0. The molecule has 2 saturated heterocycles. The number of likely N-dealkylation sites (tertiary alicyclic amines) is 1. The van der Waals surface area contributed by atoms with Crippen molar-refractivity contribution in [3.8, 4) is 28.3 Å². The summed E-state index contributed by atoms with van der Waals surface area (Å²) in [6.07, 6.45) is 3.83. The summed E-state index contributed by atoms with van der Waals surface area (Å²) in [6, 6.07) is 14.5. The topological polar surface area (TPSA) is 176 Å². The van der Waals surface area contributed by atoms with Gasteiger partial charge in [0.05, 0.1) is 41.6 Å². The molecular formula is C51H65N7O8. The summed E-state index contributed by atoms with van der Waals surface area (Å²) in [5.41, 5.74) is 10.3. The van der Waals surface area contributed by atoms with E-state index >= 15 is 0 Å². The van der Waals surface area contributed by atoms with E-state index in [1.807, 2.05) is 38.1 Å². The summed E-state index contributed by atoms with van der Waals surface area (Å²) in [5.74, 6) is -2.92. The minimum atomic E-state index is -1.18. The number of nitrogens with zero attached hydrogens (tertiary/aromatic N) is 5. The monoisotopic (exact) mass is 903 g/mol. The lowest BCUT2D eigenvalue weighted by Crippen LogP contribution is -2.62. The number of aryl methyl sites for hydroxylation is 1. The normalized spacial score (nSPS) is 20.5. The molecule has 15 nitrogen and oxygen atoms in total. The molecule has 2 aromatic heterocycles. The van der Waals surface area contributed by atoms with E-state index in [2.05, 4.69) is 60.9 Å². The third-order valence-corrected chi connectivity index (χ3v) is 13.2. The van der Waals surface area contributed by atoms with Gasteiger partial charge in [-0.1, -0.05) is 58.5 Å². The molecule has 6 bridgehead atoms. The molecule has 352 valence electrons. The minimum Gasteiger partial charge on any atom is -0.508 e. The first-order valence-corrected chi connectivity index (χ1v) is 23.2. The van der Waals surface area contributed by atoms with E-state index in [-0.39, 0.29) is 49.6 Å². The lowest BCUT2D eigenvalue weighted by Gasteiger charge is -2.37. The zero-order valence-corrected chi connectivity index (χ0v) is 39.4. The van der Waals surface area contributed by atoms with Gasteiger partial charge in [-0.2, -0.15) is 0 Å². The van der Waals surface area contributed by atoms with E-state index in [9.17, 15) is 29.1 Å². The number of methoxy groups -OCH3 is 1. The zero-order valence-electron chi connectivity index (χ0n) is 39.4. The predicted molar refractivity (Wildman–Crippen MR) is 252 cm³/mol. The second-order valence-corrected chi connectivity index (χ2v) is 19.1. The van der Waals surface area contributed by atoms with Crippen LogP contribution in [0.5, 0.6) is 5.75 Å². The summed E-state index contributed by atoms with van der Waals surface area (Å²) in [7, 11) is 3.28. The van der Waals surface area contributed by atoms with Crippen molar-refractivity contribution >= 4 is 40.6 Å². The van der Waals surface area contributed by atoms with Gasteiger partial charge in [-0.15, -0.1) is 0 Å². The molecule has 0 spiro atoms. The highest BCUT2D eigenvalue weighted by molar-refractivity contribution is 5.94. The van der Waals surface area contributed by atoms with Crippen LogP contribution in [0, 0.1) is 17.3 Å². The van der Waals surface area contributed by atoms with Crippen molar-refractivity contribution in [1.29, 1.82) is 0 Å². The van der Waals surface area contributed by atoms with Crippen LogP contribution in [0.2, 0.25) is 0 Å². The number of aromatic nitrogens is 2. The largest absolute Gasteiger partial charge is 0.508 e. The molecule has 7 rings (SSSR count). The number of rotatable bonds is 11. The van der Waals surface area contributed by atoms with Gasteiger partial charge in [-0.25, -0.2) is 10.4 Å². The summed E-state index contributed by atoms with van der Waals surface area (Å²) in [6.45, 7) is 15.7. The fraction of sp³-hybridized carbons (Fsp3) is 0.490. The first kappa shape index (κ1) is 47.9. The molecular weight excluding hydrogens is 839 g/mol. The molecule has 66 heavy (non-hydrogen) atoms. The number of hydrogen-bond acceptors (Lipinski definition) is 10. The van der Waals surface area contributed by atoms with Crippen molar-refractivity contribution in [3.05, 3.63) is 83.9 Å². The molecule has 2 fully saturated rings. The smallest absolute Gasteiger partial charge is 0.324 e. The fourth-order valence-electron chi connectivity index (χ4n) is 9.91. The Morgan fingerprint density at radius 1 is 1.11 bits per heavy atom. The molecule has 15 heteroatoms. The highest BCUT2D eigenvalue weighted by Gasteiger charge is 2.40. The number of amides is 4. The average Bonchev–Trinajstić information content (AvgIpc) is 3.91. The number of ether oxygens (including phenoxy) is 2. The van der Waals surface area contributed by atoms with Crippen molar-refractivity contribution in [2.45, 2.75) is 97.8 Å². The van der Waals surface area contributed by atoms with Crippen LogP contribution in [0.1, 0.15) is 70.6 Å². The lowest BCUT2D eigenvalue weighted by molar-refractivity contribution is -0.155. The van der Waals surface area contributed by atoms with E-state index < -0.39 is 47.2 Å². The van der Waals surface area contributed by atoms with Crippen LogP contribution < -0.4 is 10.7 Å². The van der Waals surface area contributed by atoms with E-state index in [1.54, 1.807) is 31.2 Å². The molecule has 4 amide bonds. The van der Waals surface area contributed by atoms with Crippen molar-refractivity contribution in [2.75, 3.05) is 47.0 Å². The number of hydrazine groups is 1. The predicted octanol–water partition coefficient (Wildman–Crippen LogP) is 5.45. The Morgan fingerprint density at radius 2 is 1.88 bits per heavy atom. The maximum atomic E-state index is 14.7. The number of hydrogen-bond donors (Lipinski definition) is 3. The third-order valence-electron chi connectivity index (χ3n) is 13.2. The van der Waals surface area contributed by atoms with Gasteiger partial charge in [0, 0.05) is 68.9 Å². The fourth-order valence-corrected chi connectivity index (χ4v) is 9.91. The number of cyclic esters (lactones) is 1. The number of phenols is 1. The van der Waals surface area contributed by atoms with Crippen LogP contribution in [0.4, 0.5) is 0 Å². The Morgan fingerprint density at radius 3 is 2.61 bits per heavy atom. The number of aromatic hydroxyl groups is 1. The van der Waals surface area contributed by atoms with Crippen LogP contribution in [-0.2, 0) is 59.3 Å². The highest BCUT2D eigenvalue weighted by Crippen LogP contribution is 2.40. The summed E-state index contributed by atoms with van der Waals surface area (Å²) in [5, 5.41) is 15.7. The van der Waals surface area contributed by atoms with Crippen LogP contribution in [0.25, 0.3) is 33.5 Å². The number of esters is 1. The molecule has 3 aliphatic heterocycles. The molecule has 0 saturated carbocycles. The highest BCUT2D eigenvalue weighted by atomic mass is 16.5. The molecule has 1 unspecified atom stereocenters. The van der Waals surface area contributed by atoms with Crippen molar-refractivity contribution in [3.63, 3.8) is 0 Å². The zero-order chi connectivity index (χ0) is 47.4. The van der Waals surface area contributed by atoms with Crippen LogP contribution in [0.3, 0.4) is 0 Å². The molecule has 4 aromatic rings. The Labute approximate surface area is 387 Å². The molecule has 0 radical (unpaired) electrons. The second-order valence-electron chi connectivity index (χ2n) is 19.1. The van der Waals surface area contributed by atoms with Gasteiger partial charge in [0.2, 0.25) is 17.7 Å². The van der Waals surface area contributed by atoms with E-state index in [0.29, 0.717) is 68.6 Å². The quantitative estimate of drug-likeness (QED) is 0.130. The average molecular weight is 904 g/mol. The number of benzene rings is 2. The summed E-state index contributed by atoms with van der Waals surface area (Å²) in [4.78, 5) is 77.7. The lowest BCUT2D eigenvalue weighted by atomic mass is 9.84. The van der Waals surface area contributed by atoms with Crippen LogP contribution in [0.15, 0.2) is 67.3 Å². The first-order chi connectivity index (χ1) is 31.5. The number of carbonyl (C=O) groups excluding carboxylic acids is 5. The molecule has 2 aromatic carbocycles. The Hall–Kier alpha value is -6.06. The number of pyridine rings is 1. The van der Waals surface area contributed by atoms with Gasteiger partial charge in [-0.3, -0.25) is 29.0 Å². The molecule has 5 heterocycles. The Balaban J connectivity index is 1.30. The number of carbonyl (C=O) groups is 5. The van der Waals surface area contributed by atoms with Gasteiger partial charge in [-0.05, 0) is 92.5 Å². The van der Waals surface area contributed by atoms with Crippen LogP contribution >= 0.6 is 0 Å². The molecule has 3 N–H and O–H groups in total. The van der Waals surface area contributed by atoms with Gasteiger partial charge >= 0.3 is 5.97 Å². The molecule has 4 atom stereocenters.